The van der Waals surface area contributed by atoms with E-state index in [1.165, 1.54) is 12.8 Å². The number of amides is 1. The number of likely N-dealkylation sites (N-methyl/N-ethyl adjacent to an activating group) is 1. The number of unbranched alkanes of at least 4 members (excludes halogenated alkanes) is 1. The van der Waals surface area contributed by atoms with Crippen molar-refractivity contribution in [1.82, 2.24) is 24.9 Å². The molecule has 29 heavy (non-hydrogen) atoms. The highest BCUT2D eigenvalue weighted by Crippen LogP contribution is 2.05. The first-order valence-electron chi connectivity index (χ1n) is 10.9. The third-order valence-corrected chi connectivity index (χ3v) is 5.37. The van der Waals surface area contributed by atoms with E-state index in [0.717, 1.165) is 71.4 Å². The summed E-state index contributed by atoms with van der Waals surface area (Å²) in [5, 5.41) is 3.43. The van der Waals surface area contributed by atoms with Gasteiger partial charge in [0.2, 0.25) is 5.91 Å². The lowest BCUT2D eigenvalue weighted by Crippen LogP contribution is -2.55. The number of carbonyl (C=O) groups excluding carboxylic acids is 1. The summed E-state index contributed by atoms with van der Waals surface area (Å²) >= 11 is 0. The number of piperazine rings is 1. The van der Waals surface area contributed by atoms with Gasteiger partial charge in [0.25, 0.3) is 0 Å². The van der Waals surface area contributed by atoms with E-state index >= 15 is 0 Å². The molecule has 2 aliphatic rings. The van der Waals surface area contributed by atoms with Gasteiger partial charge in [0.15, 0.2) is 5.96 Å². The number of hydrogen-bond donors (Lipinski definition) is 1. The number of nitrogens with zero attached hydrogens (tertiary/aromatic N) is 5. The second-order valence-corrected chi connectivity index (χ2v) is 7.65. The van der Waals surface area contributed by atoms with Crippen LogP contribution in [-0.2, 0) is 9.53 Å². The first-order valence-corrected chi connectivity index (χ1v) is 10.9. The fourth-order valence-corrected chi connectivity index (χ4v) is 3.51. The zero-order valence-electron chi connectivity index (χ0n) is 18.6. The van der Waals surface area contributed by atoms with Gasteiger partial charge in [-0.1, -0.05) is 13.3 Å². The lowest BCUT2D eigenvalue weighted by atomic mass is 10.3. The second-order valence-electron chi connectivity index (χ2n) is 7.65. The highest BCUT2D eigenvalue weighted by atomic mass is 127. The Morgan fingerprint density at radius 3 is 2.34 bits per heavy atom. The molecule has 1 N–H and O–H groups in total. The minimum atomic E-state index is 0. The third kappa shape index (κ3) is 9.80. The normalized spacial score (nSPS) is 18.7. The molecule has 0 radical (unpaired) electrons. The molecule has 8 nitrogen and oxygen atoms in total. The molecule has 0 bridgehead atoms. The summed E-state index contributed by atoms with van der Waals surface area (Å²) in [6.07, 6.45) is 2.47. The summed E-state index contributed by atoms with van der Waals surface area (Å²) < 4.78 is 5.33. The molecule has 0 aromatic heterocycles. The van der Waals surface area contributed by atoms with Crippen molar-refractivity contribution in [2.45, 2.75) is 26.7 Å². The van der Waals surface area contributed by atoms with E-state index in [2.05, 4.69) is 40.9 Å². The molecule has 0 saturated carbocycles. The number of guanidine groups is 1. The van der Waals surface area contributed by atoms with E-state index in [0.29, 0.717) is 19.8 Å². The molecular weight excluding hydrogens is 483 g/mol. The maximum atomic E-state index is 12.4. The van der Waals surface area contributed by atoms with Crippen LogP contribution in [0.2, 0.25) is 0 Å². The Kier molecular flexibility index (Phi) is 13.8. The van der Waals surface area contributed by atoms with Gasteiger partial charge in [-0.15, -0.1) is 24.0 Å². The molecule has 0 aromatic carbocycles. The molecule has 2 rings (SSSR count). The van der Waals surface area contributed by atoms with Crippen LogP contribution in [0, 0.1) is 0 Å². The average molecular weight is 524 g/mol. The maximum absolute atomic E-state index is 12.4. The van der Waals surface area contributed by atoms with E-state index < -0.39 is 0 Å². The fourth-order valence-electron chi connectivity index (χ4n) is 3.51. The SMILES string of the molecule is CCCCN(C)CCN=C(NCC)N1CCN(CC(=O)N2CCOCC2)CC1.I. The largest absolute Gasteiger partial charge is 0.378 e. The van der Waals surface area contributed by atoms with E-state index in [4.69, 9.17) is 9.73 Å². The van der Waals surface area contributed by atoms with Crippen molar-refractivity contribution in [2.75, 3.05) is 92.3 Å². The highest BCUT2D eigenvalue weighted by molar-refractivity contribution is 14.0. The zero-order valence-corrected chi connectivity index (χ0v) is 20.9. The van der Waals surface area contributed by atoms with Crippen molar-refractivity contribution < 1.29 is 9.53 Å². The van der Waals surface area contributed by atoms with Crippen LogP contribution in [0.5, 0.6) is 0 Å². The third-order valence-electron chi connectivity index (χ3n) is 5.37. The number of morpholine rings is 1. The smallest absolute Gasteiger partial charge is 0.236 e. The molecule has 170 valence electrons. The molecule has 0 unspecified atom stereocenters. The van der Waals surface area contributed by atoms with Crippen molar-refractivity contribution in [3.63, 3.8) is 0 Å². The van der Waals surface area contributed by atoms with Gasteiger partial charge in [-0.3, -0.25) is 14.7 Å². The molecule has 2 heterocycles. The molecule has 0 atom stereocenters. The average Bonchev–Trinajstić information content (AvgIpc) is 2.73. The summed E-state index contributed by atoms with van der Waals surface area (Å²) in [6.45, 7) is 15.1. The van der Waals surface area contributed by atoms with Crippen LogP contribution < -0.4 is 5.32 Å². The number of rotatable bonds is 9. The van der Waals surface area contributed by atoms with Crippen molar-refractivity contribution in [2.24, 2.45) is 4.99 Å². The minimum absolute atomic E-state index is 0. The van der Waals surface area contributed by atoms with Crippen molar-refractivity contribution in [3.8, 4) is 0 Å². The van der Waals surface area contributed by atoms with Gasteiger partial charge in [-0.2, -0.15) is 0 Å². The van der Waals surface area contributed by atoms with Crippen molar-refractivity contribution in [3.05, 3.63) is 0 Å². The van der Waals surface area contributed by atoms with Gasteiger partial charge in [-0.05, 0) is 26.9 Å². The van der Waals surface area contributed by atoms with Crippen molar-refractivity contribution >= 4 is 35.8 Å². The molecule has 0 spiro atoms. The van der Waals surface area contributed by atoms with E-state index in [-0.39, 0.29) is 29.9 Å². The van der Waals surface area contributed by atoms with Crippen molar-refractivity contribution in [1.29, 1.82) is 0 Å². The van der Waals surface area contributed by atoms with Crippen LogP contribution in [0.15, 0.2) is 4.99 Å². The fraction of sp³-hybridized carbons (Fsp3) is 0.900. The summed E-state index contributed by atoms with van der Waals surface area (Å²) in [6, 6.07) is 0. The number of nitrogens with one attached hydrogen (secondary N) is 1. The Labute approximate surface area is 194 Å². The minimum Gasteiger partial charge on any atom is -0.378 e. The molecule has 2 aliphatic heterocycles. The lowest BCUT2D eigenvalue weighted by Gasteiger charge is -2.37. The summed E-state index contributed by atoms with van der Waals surface area (Å²) in [7, 11) is 2.17. The molecule has 0 aliphatic carbocycles. The Bertz CT molecular complexity index is 480. The predicted octanol–water partition coefficient (Wildman–Crippen LogP) is 0.778. The first-order chi connectivity index (χ1) is 13.6. The van der Waals surface area contributed by atoms with Crippen LogP contribution in [0.1, 0.15) is 26.7 Å². The Hall–Kier alpha value is -0.650. The molecule has 2 saturated heterocycles. The summed E-state index contributed by atoms with van der Waals surface area (Å²) in [5.41, 5.74) is 0. The van der Waals surface area contributed by atoms with Crippen LogP contribution in [0.25, 0.3) is 0 Å². The number of halogens is 1. The summed E-state index contributed by atoms with van der Waals surface area (Å²) in [4.78, 5) is 26.1. The molecular formula is C20H41IN6O2. The van der Waals surface area contributed by atoms with Gasteiger partial charge in [0.1, 0.15) is 0 Å². The summed E-state index contributed by atoms with van der Waals surface area (Å²) in [5.74, 6) is 1.23. The Morgan fingerprint density at radius 1 is 1.03 bits per heavy atom. The topological polar surface area (TPSA) is 63.7 Å². The molecule has 1 amide bonds. The van der Waals surface area contributed by atoms with E-state index in [9.17, 15) is 4.79 Å². The molecule has 9 heteroatoms. The number of aliphatic imine (C=N–C) groups is 1. The van der Waals surface area contributed by atoms with Crippen LogP contribution in [-0.4, -0.2) is 124 Å². The van der Waals surface area contributed by atoms with Crippen LogP contribution in [0.4, 0.5) is 0 Å². The Morgan fingerprint density at radius 2 is 1.72 bits per heavy atom. The lowest BCUT2D eigenvalue weighted by molar-refractivity contribution is -0.136. The number of hydrogen-bond acceptors (Lipinski definition) is 5. The van der Waals surface area contributed by atoms with E-state index in [1.54, 1.807) is 0 Å². The molecule has 0 aromatic rings. The van der Waals surface area contributed by atoms with E-state index in [1.807, 2.05) is 4.90 Å². The molecule has 2 fully saturated rings. The second kappa shape index (κ2) is 15.2. The maximum Gasteiger partial charge on any atom is 0.236 e. The number of carbonyl (C=O) groups is 1. The first kappa shape index (κ1) is 26.4. The van der Waals surface area contributed by atoms with Crippen LogP contribution in [0.3, 0.4) is 0 Å². The monoisotopic (exact) mass is 524 g/mol. The van der Waals surface area contributed by atoms with Gasteiger partial charge in [0, 0.05) is 52.4 Å². The van der Waals surface area contributed by atoms with Crippen LogP contribution >= 0.6 is 24.0 Å². The van der Waals surface area contributed by atoms with Gasteiger partial charge >= 0.3 is 0 Å². The quantitative estimate of drug-likeness (QED) is 0.273. The zero-order chi connectivity index (χ0) is 20.2. The van der Waals surface area contributed by atoms with Gasteiger partial charge in [0.05, 0.1) is 26.3 Å². The van der Waals surface area contributed by atoms with Gasteiger partial charge < -0.3 is 24.8 Å². The number of ether oxygens (including phenoxy) is 1. The predicted molar refractivity (Wildman–Crippen MR) is 129 cm³/mol. The Balaban J connectivity index is 0.00000420. The standard InChI is InChI=1S/C20H40N6O2.HI/c1-4-6-8-23(3)9-7-22-20(21-5-2)26-12-10-24(11-13-26)18-19(27)25-14-16-28-17-15-25;/h4-18H2,1-3H3,(H,21,22);1H. The highest BCUT2D eigenvalue weighted by Gasteiger charge is 2.24. The van der Waals surface area contributed by atoms with Gasteiger partial charge in [-0.25, -0.2) is 0 Å².